The highest BCUT2D eigenvalue weighted by atomic mass is 16.6. The van der Waals surface area contributed by atoms with Crippen LogP contribution in [0.2, 0.25) is 0 Å². The fourth-order valence-electron chi connectivity index (χ4n) is 1.83. The Labute approximate surface area is 88.9 Å². The van der Waals surface area contributed by atoms with Crippen LogP contribution in [-0.4, -0.2) is 28.6 Å². The van der Waals surface area contributed by atoms with E-state index in [2.05, 4.69) is 4.98 Å². The summed E-state index contributed by atoms with van der Waals surface area (Å²) in [4.78, 5) is 17.3. The fourth-order valence-corrected chi connectivity index (χ4v) is 1.83. The minimum atomic E-state index is -0.237. The van der Waals surface area contributed by atoms with Gasteiger partial charge in [-0.05, 0) is 25.5 Å². The summed E-state index contributed by atoms with van der Waals surface area (Å²) in [6.45, 7) is 4.38. The highest BCUT2D eigenvalue weighted by molar-refractivity contribution is 5.70. The van der Waals surface area contributed by atoms with Crippen LogP contribution in [0.15, 0.2) is 24.5 Å². The molecular formula is C11H14N2O2. The summed E-state index contributed by atoms with van der Waals surface area (Å²) >= 11 is 0. The third kappa shape index (κ3) is 1.79. The van der Waals surface area contributed by atoms with Crippen LogP contribution >= 0.6 is 0 Å². The van der Waals surface area contributed by atoms with Crippen LogP contribution in [0.4, 0.5) is 4.79 Å². The molecule has 0 saturated carbocycles. The quantitative estimate of drug-likeness (QED) is 0.743. The predicted molar refractivity (Wildman–Crippen MR) is 55.3 cm³/mol. The van der Waals surface area contributed by atoms with Gasteiger partial charge in [-0.3, -0.25) is 9.88 Å². The van der Waals surface area contributed by atoms with Crippen LogP contribution in [0.5, 0.6) is 0 Å². The van der Waals surface area contributed by atoms with Gasteiger partial charge in [0.15, 0.2) is 0 Å². The van der Waals surface area contributed by atoms with Crippen molar-refractivity contribution in [2.45, 2.75) is 25.9 Å². The number of aromatic nitrogens is 1. The summed E-state index contributed by atoms with van der Waals surface area (Å²) in [7, 11) is 0. The van der Waals surface area contributed by atoms with E-state index in [1.54, 1.807) is 17.3 Å². The molecule has 2 rings (SSSR count). The molecule has 1 saturated heterocycles. The van der Waals surface area contributed by atoms with E-state index in [0.29, 0.717) is 6.61 Å². The molecule has 0 N–H and O–H groups in total. The van der Waals surface area contributed by atoms with Crippen molar-refractivity contribution in [1.29, 1.82) is 0 Å². The molecule has 1 aliphatic heterocycles. The van der Waals surface area contributed by atoms with Crippen molar-refractivity contribution < 1.29 is 9.53 Å². The average Bonchev–Trinajstić information content (AvgIpc) is 2.61. The van der Waals surface area contributed by atoms with Crippen molar-refractivity contribution in [3.63, 3.8) is 0 Å². The van der Waals surface area contributed by atoms with E-state index in [0.717, 1.165) is 5.56 Å². The smallest absolute Gasteiger partial charge is 0.410 e. The predicted octanol–water partition coefficient (Wildman–Crippen LogP) is 1.98. The van der Waals surface area contributed by atoms with Crippen LogP contribution < -0.4 is 0 Å². The first-order chi connectivity index (χ1) is 7.20. The fraction of sp³-hybridized carbons (Fsp3) is 0.455. The maximum atomic E-state index is 11.5. The molecule has 4 heteroatoms. The highest BCUT2D eigenvalue weighted by Crippen LogP contribution is 2.28. The molecule has 1 aromatic rings. The Morgan fingerprint density at radius 3 is 3.00 bits per heavy atom. The van der Waals surface area contributed by atoms with E-state index in [1.807, 2.05) is 26.0 Å². The minimum absolute atomic E-state index is 0.00574. The first kappa shape index (κ1) is 9.96. The van der Waals surface area contributed by atoms with E-state index in [1.165, 1.54) is 0 Å². The van der Waals surface area contributed by atoms with Gasteiger partial charge >= 0.3 is 6.09 Å². The number of ether oxygens (including phenoxy) is 1. The number of nitrogens with zero attached hydrogens (tertiary/aromatic N) is 2. The van der Waals surface area contributed by atoms with E-state index in [9.17, 15) is 4.79 Å². The molecule has 0 aliphatic carbocycles. The first-order valence-electron chi connectivity index (χ1n) is 5.05. The number of carbonyl (C=O) groups excluding carboxylic acids is 1. The number of hydrogen-bond donors (Lipinski definition) is 0. The maximum Gasteiger partial charge on any atom is 0.410 e. The van der Waals surface area contributed by atoms with Crippen LogP contribution in [0.3, 0.4) is 0 Å². The number of cyclic esters (lactones) is 1. The van der Waals surface area contributed by atoms with Crippen molar-refractivity contribution in [3.8, 4) is 0 Å². The van der Waals surface area contributed by atoms with Gasteiger partial charge in [0.05, 0.1) is 6.04 Å². The number of rotatable bonds is 2. The Kier molecular flexibility index (Phi) is 2.58. The normalized spacial score (nSPS) is 20.9. The van der Waals surface area contributed by atoms with E-state index < -0.39 is 0 Å². The first-order valence-corrected chi connectivity index (χ1v) is 5.05. The standard InChI is InChI=1S/C11H14N2O2/c1-8(2)13-10(7-15-11(13)14)9-4-3-5-12-6-9/h3-6,8,10H,7H2,1-2H3. The summed E-state index contributed by atoms with van der Waals surface area (Å²) in [5, 5.41) is 0. The number of hydrogen-bond acceptors (Lipinski definition) is 3. The monoisotopic (exact) mass is 206 g/mol. The zero-order valence-electron chi connectivity index (χ0n) is 8.88. The van der Waals surface area contributed by atoms with Crippen LogP contribution in [0.1, 0.15) is 25.5 Å². The maximum absolute atomic E-state index is 11.5. The van der Waals surface area contributed by atoms with Gasteiger partial charge in [0.1, 0.15) is 6.61 Å². The van der Waals surface area contributed by atoms with E-state index >= 15 is 0 Å². The molecular weight excluding hydrogens is 192 g/mol. The van der Waals surface area contributed by atoms with Crippen LogP contribution in [-0.2, 0) is 4.74 Å². The summed E-state index contributed by atoms with van der Waals surface area (Å²) in [5.41, 5.74) is 1.03. The largest absolute Gasteiger partial charge is 0.447 e. The lowest BCUT2D eigenvalue weighted by atomic mass is 10.1. The molecule has 1 atom stereocenters. The molecule has 1 fully saturated rings. The third-order valence-electron chi connectivity index (χ3n) is 2.54. The van der Waals surface area contributed by atoms with Gasteiger partial charge in [-0.15, -0.1) is 0 Å². The number of pyridine rings is 1. The molecule has 0 radical (unpaired) electrons. The van der Waals surface area contributed by atoms with Gasteiger partial charge in [-0.1, -0.05) is 6.07 Å². The zero-order valence-corrected chi connectivity index (χ0v) is 8.88. The Hall–Kier alpha value is -1.58. The molecule has 1 unspecified atom stereocenters. The van der Waals surface area contributed by atoms with Gasteiger partial charge in [0, 0.05) is 18.4 Å². The molecule has 1 aliphatic rings. The van der Waals surface area contributed by atoms with Gasteiger partial charge in [-0.25, -0.2) is 4.79 Å². The van der Waals surface area contributed by atoms with Gasteiger partial charge in [0.2, 0.25) is 0 Å². The van der Waals surface area contributed by atoms with Crippen molar-refractivity contribution >= 4 is 6.09 Å². The molecule has 1 aromatic heterocycles. The minimum Gasteiger partial charge on any atom is -0.447 e. The Morgan fingerprint density at radius 1 is 1.60 bits per heavy atom. The summed E-state index contributed by atoms with van der Waals surface area (Å²) in [6, 6.07) is 3.99. The van der Waals surface area contributed by atoms with Gasteiger partial charge < -0.3 is 4.74 Å². The second-order valence-corrected chi connectivity index (χ2v) is 3.88. The lowest BCUT2D eigenvalue weighted by molar-refractivity contribution is 0.149. The SMILES string of the molecule is CC(C)N1C(=O)OCC1c1cccnc1. The van der Waals surface area contributed by atoms with Crippen molar-refractivity contribution in [2.75, 3.05) is 6.61 Å². The molecule has 1 amide bonds. The molecule has 4 nitrogen and oxygen atoms in total. The van der Waals surface area contributed by atoms with E-state index in [-0.39, 0.29) is 18.2 Å². The summed E-state index contributed by atoms with van der Waals surface area (Å²) < 4.78 is 5.05. The summed E-state index contributed by atoms with van der Waals surface area (Å²) in [5.74, 6) is 0. The molecule has 0 aromatic carbocycles. The molecule has 0 bridgehead atoms. The van der Waals surface area contributed by atoms with E-state index in [4.69, 9.17) is 4.74 Å². The lowest BCUT2D eigenvalue weighted by Gasteiger charge is -2.25. The molecule has 0 spiro atoms. The third-order valence-corrected chi connectivity index (χ3v) is 2.54. The molecule has 80 valence electrons. The number of carbonyl (C=O) groups is 1. The van der Waals surface area contributed by atoms with Crippen LogP contribution in [0.25, 0.3) is 0 Å². The second kappa shape index (κ2) is 3.88. The topological polar surface area (TPSA) is 42.4 Å². The Morgan fingerprint density at radius 2 is 2.40 bits per heavy atom. The average molecular weight is 206 g/mol. The zero-order chi connectivity index (χ0) is 10.8. The molecule has 2 heterocycles. The summed E-state index contributed by atoms with van der Waals surface area (Å²) in [6.07, 6.45) is 3.27. The lowest BCUT2D eigenvalue weighted by Crippen LogP contribution is -2.34. The van der Waals surface area contributed by atoms with Crippen molar-refractivity contribution in [1.82, 2.24) is 9.88 Å². The second-order valence-electron chi connectivity index (χ2n) is 3.88. The Bertz CT molecular complexity index is 351. The highest BCUT2D eigenvalue weighted by Gasteiger charge is 2.35. The Balaban J connectivity index is 2.26. The van der Waals surface area contributed by atoms with Crippen molar-refractivity contribution in [2.24, 2.45) is 0 Å². The number of amides is 1. The van der Waals surface area contributed by atoms with Crippen molar-refractivity contribution in [3.05, 3.63) is 30.1 Å². The van der Waals surface area contributed by atoms with Crippen LogP contribution in [0, 0.1) is 0 Å². The molecule has 15 heavy (non-hydrogen) atoms. The van der Waals surface area contributed by atoms with Gasteiger partial charge in [-0.2, -0.15) is 0 Å². The van der Waals surface area contributed by atoms with Gasteiger partial charge in [0.25, 0.3) is 0 Å².